The predicted octanol–water partition coefficient (Wildman–Crippen LogP) is 3.86. The largest absolute Gasteiger partial charge is 0.491 e. The second-order valence-corrected chi connectivity index (χ2v) is 5.90. The van der Waals surface area contributed by atoms with Crippen LogP contribution in [-0.2, 0) is 21.0 Å². The lowest BCUT2D eigenvalue weighted by Gasteiger charge is -2.05. The Morgan fingerprint density at radius 1 is 0.917 bits per heavy atom. The lowest BCUT2D eigenvalue weighted by molar-refractivity contribution is 0.202. The fraction of sp³-hybridized carbons (Fsp3) is 0.250. The van der Waals surface area contributed by atoms with E-state index in [9.17, 15) is 8.42 Å². The Balaban J connectivity index is 1.85. The summed E-state index contributed by atoms with van der Waals surface area (Å²) in [6.07, 6.45) is 0.980. The third kappa shape index (κ3) is 6.45. The Bertz CT molecular complexity index is 771. The van der Waals surface area contributed by atoms with E-state index in [4.69, 9.17) is 9.29 Å². The molecule has 0 amide bonds. The van der Waals surface area contributed by atoms with Crippen LogP contribution in [0, 0.1) is 0 Å². The molecule has 0 radical (unpaired) electrons. The van der Waals surface area contributed by atoms with Gasteiger partial charge in [0, 0.05) is 0 Å². The van der Waals surface area contributed by atoms with Gasteiger partial charge in [0.15, 0.2) is 0 Å². The minimum absolute atomic E-state index is 0.00949. The van der Waals surface area contributed by atoms with E-state index in [1.807, 2.05) is 24.3 Å². The van der Waals surface area contributed by atoms with E-state index in [-0.39, 0.29) is 13.2 Å². The molecule has 0 aliphatic carbocycles. The molecule has 0 heterocycles. The van der Waals surface area contributed by atoms with Crippen LogP contribution < -0.4 is 4.74 Å². The highest BCUT2D eigenvalue weighted by Gasteiger charge is 2.03. The van der Waals surface area contributed by atoms with E-state index in [1.54, 1.807) is 24.3 Å². The molecule has 0 aliphatic heterocycles. The molecule has 0 atom stereocenters. The van der Waals surface area contributed by atoms with Crippen molar-refractivity contribution in [1.29, 1.82) is 0 Å². The molecule has 2 aromatic carbocycles. The molecule has 24 heavy (non-hydrogen) atoms. The molecule has 0 saturated heterocycles. The van der Waals surface area contributed by atoms with E-state index in [2.05, 4.69) is 21.3 Å². The van der Waals surface area contributed by atoms with Crippen LogP contribution in [0.1, 0.15) is 12.5 Å². The smallest absolute Gasteiger partial charge is 0.397 e. The van der Waals surface area contributed by atoms with E-state index in [1.165, 1.54) is 5.56 Å². The topological polar surface area (TPSA) is 97.6 Å². The highest BCUT2D eigenvalue weighted by molar-refractivity contribution is 7.80. The van der Waals surface area contributed by atoms with Gasteiger partial charge in [0.1, 0.15) is 19.0 Å². The van der Waals surface area contributed by atoms with Crippen molar-refractivity contribution in [3.05, 3.63) is 54.1 Å². The van der Waals surface area contributed by atoms with Gasteiger partial charge in [0.2, 0.25) is 0 Å². The summed E-state index contributed by atoms with van der Waals surface area (Å²) in [5.41, 5.74) is 2.68. The minimum atomic E-state index is -4.43. The summed E-state index contributed by atoms with van der Waals surface area (Å²) < 4.78 is 38.6. The second kappa shape index (κ2) is 8.53. The molecule has 2 aromatic rings. The van der Waals surface area contributed by atoms with Gasteiger partial charge in [0.05, 0.1) is 11.4 Å². The Morgan fingerprint density at radius 3 is 1.96 bits per heavy atom. The maximum atomic E-state index is 10.4. The molecule has 128 valence electrons. The van der Waals surface area contributed by atoms with Crippen LogP contribution in [0.15, 0.2) is 58.8 Å². The quantitative estimate of drug-likeness (QED) is 0.443. The SMILES string of the molecule is CCc1ccc(N=Nc2ccc(OCCOS(=O)(=O)O)cc2)cc1. The second-order valence-electron chi connectivity index (χ2n) is 4.81. The summed E-state index contributed by atoms with van der Waals surface area (Å²) in [7, 11) is -4.43. The lowest BCUT2D eigenvalue weighted by Crippen LogP contribution is -2.11. The standard InChI is InChI=1S/C16H18N2O5S/c1-2-13-3-5-14(6-4-13)17-18-15-7-9-16(10-8-15)22-11-12-23-24(19,20)21/h3-10H,2,11-12H2,1H3,(H,19,20,21). The zero-order valence-electron chi connectivity index (χ0n) is 13.1. The van der Waals surface area contributed by atoms with Crippen LogP contribution in [0.3, 0.4) is 0 Å². The first-order chi connectivity index (χ1) is 11.5. The van der Waals surface area contributed by atoms with Gasteiger partial charge in [-0.15, -0.1) is 0 Å². The predicted molar refractivity (Wildman–Crippen MR) is 89.4 cm³/mol. The van der Waals surface area contributed by atoms with Gasteiger partial charge in [-0.2, -0.15) is 18.6 Å². The van der Waals surface area contributed by atoms with Crippen LogP contribution in [0.5, 0.6) is 5.75 Å². The molecule has 1 N–H and O–H groups in total. The van der Waals surface area contributed by atoms with Crippen molar-refractivity contribution < 1.29 is 21.9 Å². The van der Waals surface area contributed by atoms with Gasteiger partial charge in [-0.3, -0.25) is 4.55 Å². The van der Waals surface area contributed by atoms with E-state index < -0.39 is 10.4 Å². The van der Waals surface area contributed by atoms with Crippen LogP contribution in [0.4, 0.5) is 11.4 Å². The highest BCUT2D eigenvalue weighted by atomic mass is 32.3. The van der Waals surface area contributed by atoms with Crippen molar-refractivity contribution >= 4 is 21.8 Å². The van der Waals surface area contributed by atoms with Crippen molar-refractivity contribution in [1.82, 2.24) is 0 Å². The maximum absolute atomic E-state index is 10.4. The van der Waals surface area contributed by atoms with Gasteiger partial charge in [0.25, 0.3) is 0 Å². The van der Waals surface area contributed by atoms with Gasteiger partial charge >= 0.3 is 10.4 Å². The first kappa shape index (κ1) is 18.1. The summed E-state index contributed by atoms with van der Waals surface area (Å²) >= 11 is 0. The summed E-state index contributed by atoms with van der Waals surface area (Å²) in [5, 5.41) is 8.29. The van der Waals surface area contributed by atoms with Crippen molar-refractivity contribution in [3.63, 3.8) is 0 Å². The van der Waals surface area contributed by atoms with E-state index in [0.29, 0.717) is 11.4 Å². The number of benzene rings is 2. The molecule has 0 unspecified atom stereocenters. The van der Waals surface area contributed by atoms with Crippen LogP contribution in [0.25, 0.3) is 0 Å². The third-order valence-corrected chi connectivity index (χ3v) is 3.51. The van der Waals surface area contributed by atoms with Gasteiger partial charge in [-0.1, -0.05) is 19.1 Å². The highest BCUT2D eigenvalue weighted by Crippen LogP contribution is 2.21. The van der Waals surface area contributed by atoms with Crippen LogP contribution >= 0.6 is 0 Å². The average Bonchev–Trinajstić information content (AvgIpc) is 2.57. The first-order valence-electron chi connectivity index (χ1n) is 7.31. The molecule has 0 bridgehead atoms. The fourth-order valence-electron chi connectivity index (χ4n) is 1.82. The maximum Gasteiger partial charge on any atom is 0.397 e. The molecule has 0 aromatic heterocycles. The van der Waals surface area contributed by atoms with Crippen molar-refractivity contribution in [2.24, 2.45) is 10.2 Å². The molecule has 0 fully saturated rings. The van der Waals surface area contributed by atoms with Gasteiger partial charge in [-0.05, 0) is 48.4 Å². The number of azo groups is 1. The van der Waals surface area contributed by atoms with Gasteiger partial charge in [-0.25, -0.2) is 4.18 Å². The Labute approximate surface area is 140 Å². The summed E-state index contributed by atoms with van der Waals surface area (Å²) in [6.45, 7) is 1.81. The van der Waals surface area contributed by atoms with Crippen LogP contribution in [-0.4, -0.2) is 26.2 Å². The molecule has 0 aliphatic rings. The van der Waals surface area contributed by atoms with Crippen LogP contribution in [0.2, 0.25) is 0 Å². The summed E-state index contributed by atoms with van der Waals surface area (Å²) in [4.78, 5) is 0. The summed E-state index contributed by atoms with van der Waals surface area (Å²) in [5.74, 6) is 0.528. The lowest BCUT2D eigenvalue weighted by atomic mass is 10.2. The number of hydrogen-bond acceptors (Lipinski definition) is 6. The van der Waals surface area contributed by atoms with Gasteiger partial charge < -0.3 is 4.74 Å². The molecule has 7 nitrogen and oxygen atoms in total. The molecular weight excluding hydrogens is 332 g/mol. The number of rotatable bonds is 8. The first-order valence-corrected chi connectivity index (χ1v) is 8.68. The molecule has 0 spiro atoms. The van der Waals surface area contributed by atoms with Crippen molar-refractivity contribution in [2.45, 2.75) is 13.3 Å². The van der Waals surface area contributed by atoms with E-state index >= 15 is 0 Å². The summed E-state index contributed by atoms with van der Waals surface area (Å²) in [6, 6.07) is 14.7. The molecule has 0 saturated carbocycles. The number of aryl methyl sites for hydroxylation is 1. The molecular formula is C16H18N2O5S. The normalized spacial score (nSPS) is 11.8. The van der Waals surface area contributed by atoms with Crippen molar-refractivity contribution in [3.8, 4) is 5.75 Å². The molecule has 8 heteroatoms. The average molecular weight is 350 g/mol. The Morgan fingerprint density at radius 2 is 1.46 bits per heavy atom. The molecule has 2 rings (SSSR count). The minimum Gasteiger partial charge on any atom is -0.491 e. The Kier molecular flexibility index (Phi) is 6.42. The monoisotopic (exact) mass is 350 g/mol. The Hall–Kier alpha value is -2.29. The fourth-order valence-corrected chi connectivity index (χ4v) is 2.10. The zero-order valence-corrected chi connectivity index (χ0v) is 13.9. The van der Waals surface area contributed by atoms with E-state index in [0.717, 1.165) is 12.1 Å². The van der Waals surface area contributed by atoms with Crippen molar-refractivity contribution in [2.75, 3.05) is 13.2 Å². The zero-order chi connectivity index (χ0) is 17.4. The number of nitrogens with zero attached hydrogens (tertiary/aromatic N) is 2. The third-order valence-electron chi connectivity index (χ3n) is 3.05. The number of hydrogen-bond donors (Lipinski definition) is 1. The number of ether oxygens (including phenoxy) is 1.